The highest BCUT2D eigenvalue weighted by molar-refractivity contribution is 5.90. The van der Waals surface area contributed by atoms with Crippen molar-refractivity contribution in [3.63, 3.8) is 0 Å². The summed E-state index contributed by atoms with van der Waals surface area (Å²) in [7, 11) is 5.24. The molecule has 1 saturated carbocycles. The van der Waals surface area contributed by atoms with Crippen LogP contribution in [-0.2, 0) is 11.3 Å². The van der Waals surface area contributed by atoms with E-state index in [1.165, 1.54) is 7.11 Å². The first-order valence-electron chi connectivity index (χ1n) is 7.90. The number of hydrogen-bond donors (Lipinski definition) is 1. The summed E-state index contributed by atoms with van der Waals surface area (Å²) >= 11 is 0. The van der Waals surface area contributed by atoms with Crippen LogP contribution in [0.1, 0.15) is 40.5 Å². The summed E-state index contributed by atoms with van der Waals surface area (Å²) in [4.78, 5) is 27.1. The Balaban J connectivity index is 1.79. The molecule has 0 aliphatic heterocycles. The van der Waals surface area contributed by atoms with Gasteiger partial charge in [-0.15, -0.1) is 0 Å². The third kappa shape index (κ3) is 3.45. The van der Waals surface area contributed by atoms with Crippen LogP contribution in [0.15, 0.2) is 24.5 Å². The average molecular weight is 327 g/mol. The molecule has 0 bridgehead atoms. The van der Waals surface area contributed by atoms with Crippen molar-refractivity contribution in [1.29, 1.82) is 0 Å². The van der Waals surface area contributed by atoms with Gasteiger partial charge in [0.2, 0.25) is 0 Å². The van der Waals surface area contributed by atoms with Gasteiger partial charge in [-0.05, 0) is 25.0 Å². The summed E-state index contributed by atoms with van der Waals surface area (Å²) in [5, 5.41) is 3.27. The first-order valence-corrected chi connectivity index (χ1v) is 7.90. The van der Waals surface area contributed by atoms with Crippen LogP contribution >= 0.6 is 0 Å². The molecule has 0 atom stereocenters. The van der Waals surface area contributed by atoms with Gasteiger partial charge in [-0.2, -0.15) is 0 Å². The summed E-state index contributed by atoms with van der Waals surface area (Å²) < 4.78 is 4.85. The van der Waals surface area contributed by atoms with Crippen LogP contribution < -0.4 is 10.2 Å². The number of aromatic nitrogens is 3. The van der Waals surface area contributed by atoms with Gasteiger partial charge in [-0.3, -0.25) is 4.98 Å². The van der Waals surface area contributed by atoms with Crippen LogP contribution in [0, 0.1) is 0 Å². The minimum atomic E-state index is -0.326. The van der Waals surface area contributed by atoms with E-state index in [4.69, 9.17) is 4.74 Å². The number of carbonyl (C=O) groups is 1. The molecule has 1 aliphatic carbocycles. The van der Waals surface area contributed by atoms with E-state index in [0.717, 1.165) is 30.0 Å². The van der Waals surface area contributed by atoms with E-state index in [2.05, 4.69) is 20.3 Å². The molecular weight excluding hydrogens is 306 g/mol. The van der Waals surface area contributed by atoms with Crippen molar-refractivity contribution in [3.8, 4) is 0 Å². The monoisotopic (exact) mass is 327 g/mol. The van der Waals surface area contributed by atoms with Crippen molar-refractivity contribution in [3.05, 3.63) is 41.5 Å². The largest absolute Gasteiger partial charge is 0.465 e. The summed E-state index contributed by atoms with van der Waals surface area (Å²) in [6, 6.07) is 3.64. The molecule has 7 nitrogen and oxygen atoms in total. The lowest BCUT2D eigenvalue weighted by Gasteiger charge is -2.16. The third-order valence-corrected chi connectivity index (χ3v) is 3.89. The molecule has 0 radical (unpaired) electrons. The summed E-state index contributed by atoms with van der Waals surface area (Å²) in [6.45, 7) is 0.515. The van der Waals surface area contributed by atoms with E-state index in [0.29, 0.717) is 23.8 Å². The molecule has 1 fully saturated rings. The van der Waals surface area contributed by atoms with E-state index >= 15 is 0 Å². The molecule has 2 aromatic heterocycles. The Kier molecular flexibility index (Phi) is 4.59. The molecule has 0 amide bonds. The second kappa shape index (κ2) is 6.82. The normalized spacial score (nSPS) is 13.5. The van der Waals surface area contributed by atoms with E-state index in [9.17, 15) is 4.79 Å². The molecule has 1 aliphatic rings. The quantitative estimate of drug-likeness (QED) is 0.815. The third-order valence-electron chi connectivity index (χ3n) is 3.89. The number of rotatable bonds is 6. The number of pyridine rings is 1. The molecular formula is C17H21N5O2. The summed E-state index contributed by atoms with van der Waals surface area (Å²) in [5.41, 5.74) is 2.27. The number of carbonyl (C=O) groups excluding carboxylic acids is 1. The van der Waals surface area contributed by atoms with Crippen molar-refractivity contribution in [1.82, 2.24) is 15.0 Å². The van der Waals surface area contributed by atoms with Crippen LogP contribution in [0.25, 0.3) is 0 Å². The number of hydrogen-bond acceptors (Lipinski definition) is 7. The first kappa shape index (κ1) is 16.2. The van der Waals surface area contributed by atoms with Crippen molar-refractivity contribution in [2.24, 2.45) is 0 Å². The highest BCUT2D eigenvalue weighted by Crippen LogP contribution is 2.40. The molecule has 1 N–H and O–H groups in total. The van der Waals surface area contributed by atoms with Crippen molar-refractivity contribution in [2.75, 3.05) is 31.4 Å². The van der Waals surface area contributed by atoms with Gasteiger partial charge in [0, 0.05) is 32.4 Å². The summed E-state index contributed by atoms with van der Waals surface area (Å²) in [5.74, 6) is 1.51. The molecule has 0 aromatic carbocycles. The fraction of sp³-hybridized carbons (Fsp3) is 0.412. The summed E-state index contributed by atoms with van der Waals surface area (Å²) in [6.07, 6.45) is 5.46. The highest BCUT2D eigenvalue weighted by Gasteiger charge is 2.30. The number of ether oxygens (including phenoxy) is 1. The zero-order valence-electron chi connectivity index (χ0n) is 14.1. The number of methoxy groups -OCH3 is 1. The molecule has 0 saturated heterocycles. The lowest BCUT2D eigenvalue weighted by molar-refractivity contribution is 0.0598. The zero-order chi connectivity index (χ0) is 17.1. The van der Waals surface area contributed by atoms with E-state index in [1.54, 1.807) is 18.5 Å². The lowest BCUT2D eigenvalue weighted by Crippen LogP contribution is -2.15. The van der Waals surface area contributed by atoms with Crippen LogP contribution in [-0.4, -0.2) is 42.1 Å². The smallest absolute Gasteiger partial charge is 0.339 e. The first-order chi connectivity index (χ1) is 11.6. The standard InChI is InChI=1S/C17H21N5O2/c1-22(2)16-15(18-8-9-19-16)20-10-12-6-7-13(17(23)24-3)14(21-12)11-4-5-11/h6-9,11H,4-5,10H2,1-3H3,(H,18,20). The fourth-order valence-corrected chi connectivity index (χ4v) is 2.52. The minimum absolute atomic E-state index is 0.326. The second-order valence-corrected chi connectivity index (χ2v) is 5.98. The predicted molar refractivity (Wildman–Crippen MR) is 91.2 cm³/mol. The van der Waals surface area contributed by atoms with Gasteiger partial charge in [0.05, 0.1) is 30.6 Å². The topological polar surface area (TPSA) is 80.2 Å². The molecule has 0 unspecified atom stereocenters. The van der Waals surface area contributed by atoms with Gasteiger partial charge in [-0.25, -0.2) is 14.8 Å². The van der Waals surface area contributed by atoms with E-state index < -0.39 is 0 Å². The molecule has 126 valence electrons. The Morgan fingerprint density at radius 3 is 2.71 bits per heavy atom. The Morgan fingerprint density at radius 2 is 2.04 bits per heavy atom. The SMILES string of the molecule is COC(=O)c1ccc(CNc2nccnc2N(C)C)nc1C1CC1. The molecule has 7 heteroatoms. The molecule has 2 aromatic rings. The average Bonchev–Trinajstić information content (AvgIpc) is 3.44. The highest BCUT2D eigenvalue weighted by atomic mass is 16.5. The maximum atomic E-state index is 11.9. The molecule has 24 heavy (non-hydrogen) atoms. The van der Waals surface area contributed by atoms with Crippen molar-refractivity contribution < 1.29 is 9.53 Å². The van der Waals surface area contributed by atoms with Gasteiger partial charge < -0.3 is 15.0 Å². The molecule has 0 spiro atoms. The Bertz CT molecular complexity index is 744. The molecule has 3 rings (SSSR count). The fourth-order valence-electron chi connectivity index (χ4n) is 2.52. The van der Waals surface area contributed by atoms with Gasteiger partial charge in [0.15, 0.2) is 11.6 Å². The maximum absolute atomic E-state index is 11.9. The number of nitrogens with one attached hydrogen (secondary N) is 1. The maximum Gasteiger partial charge on any atom is 0.339 e. The van der Waals surface area contributed by atoms with Crippen LogP contribution in [0.4, 0.5) is 11.6 Å². The number of anilines is 2. The van der Waals surface area contributed by atoms with Gasteiger partial charge in [0.25, 0.3) is 0 Å². The second-order valence-electron chi connectivity index (χ2n) is 5.98. The van der Waals surface area contributed by atoms with E-state index in [-0.39, 0.29) is 5.97 Å². The van der Waals surface area contributed by atoms with Crippen LogP contribution in [0.3, 0.4) is 0 Å². The van der Waals surface area contributed by atoms with Crippen LogP contribution in [0.2, 0.25) is 0 Å². The van der Waals surface area contributed by atoms with Crippen molar-refractivity contribution in [2.45, 2.75) is 25.3 Å². The Hall–Kier alpha value is -2.70. The number of esters is 1. The van der Waals surface area contributed by atoms with Gasteiger partial charge in [-0.1, -0.05) is 0 Å². The predicted octanol–water partition coefficient (Wildman–Crippen LogP) is 2.21. The van der Waals surface area contributed by atoms with Gasteiger partial charge in [0.1, 0.15) is 0 Å². The minimum Gasteiger partial charge on any atom is -0.465 e. The lowest BCUT2D eigenvalue weighted by atomic mass is 10.1. The number of nitrogens with zero attached hydrogens (tertiary/aromatic N) is 4. The zero-order valence-corrected chi connectivity index (χ0v) is 14.1. The van der Waals surface area contributed by atoms with Crippen molar-refractivity contribution >= 4 is 17.6 Å². The Morgan fingerprint density at radius 1 is 1.29 bits per heavy atom. The Labute approximate surface area is 141 Å². The molecule has 2 heterocycles. The van der Waals surface area contributed by atoms with Crippen LogP contribution in [0.5, 0.6) is 0 Å². The van der Waals surface area contributed by atoms with E-state index in [1.807, 2.05) is 25.1 Å². The van der Waals surface area contributed by atoms with Gasteiger partial charge >= 0.3 is 5.97 Å².